The molecule has 0 aromatic heterocycles. The van der Waals surface area contributed by atoms with Crippen molar-refractivity contribution in [3.63, 3.8) is 0 Å². The summed E-state index contributed by atoms with van der Waals surface area (Å²) in [5, 5.41) is 0. The lowest BCUT2D eigenvalue weighted by Gasteiger charge is -2.31. The van der Waals surface area contributed by atoms with Gasteiger partial charge in [-0.05, 0) is 51.9 Å². The molecule has 3 unspecified atom stereocenters. The molecule has 0 aromatic carbocycles. The summed E-state index contributed by atoms with van der Waals surface area (Å²) in [6, 6.07) is 0.298. The van der Waals surface area contributed by atoms with Crippen molar-refractivity contribution in [1.82, 2.24) is 0 Å². The average Bonchev–Trinajstić information content (AvgIpc) is 2.60. The van der Waals surface area contributed by atoms with E-state index in [-0.39, 0.29) is 11.2 Å². The third kappa shape index (κ3) is 2.02. The Morgan fingerprint density at radius 1 is 1.00 bits per heavy atom. The number of ether oxygens (including phenoxy) is 1. The molecule has 2 fully saturated rings. The highest BCUT2D eigenvalue weighted by molar-refractivity contribution is 5.08. The predicted octanol–water partition coefficient (Wildman–Crippen LogP) is 2.95. The van der Waals surface area contributed by atoms with Crippen molar-refractivity contribution in [2.75, 3.05) is 0 Å². The summed E-state index contributed by atoms with van der Waals surface area (Å²) in [6.45, 7) is 13.4. The monoisotopic (exact) mass is 225 g/mol. The minimum atomic E-state index is -0.0679. The Morgan fingerprint density at radius 2 is 1.50 bits per heavy atom. The van der Waals surface area contributed by atoms with Crippen LogP contribution in [0.4, 0.5) is 0 Å². The van der Waals surface area contributed by atoms with Gasteiger partial charge >= 0.3 is 0 Å². The molecule has 2 rings (SSSR count). The number of rotatable bonds is 2. The maximum Gasteiger partial charge on any atom is 0.0677 e. The molecule has 16 heavy (non-hydrogen) atoms. The standard InChI is InChI=1S/C14H27NO/c1-12(2)7-9(12)11(15)10-8-13(3,4)16-14(10,5)6/h9-11H,7-8,15H2,1-6H3. The second kappa shape index (κ2) is 3.23. The van der Waals surface area contributed by atoms with Gasteiger partial charge in [0.05, 0.1) is 11.2 Å². The van der Waals surface area contributed by atoms with Crippen LogP contribution in [0.25, 0.3) is 0 Å². The first-order chi connectivity index (χ1) is 7.05. The minimum Gasteiger partial charge on any atom is -0.369 e. The van der Waals surface area contributed by atoms with Crippen molar-refractivity contribution in [3.8, 4) is 0 Å². The lowest BCUT2D eigenvalue weighted by molar-refractivity contribution is -0.0774. The van der Waals surface area contributed by atoms with Crippen molar-refractivity contribution in [2.45, 2.75) is 71.6 Å². The van der Waals surface area contributed by atoms with Crippen LogP contribution < -0.4 is 5.73 Å². The van der Waals surface area contributed by atoms with E-state index in [4.69, 9.17) is 10.5 Å². The third-order valence-corrected chi connectivity index (χ3v) is 4.66. The van der Waals surface area contributed by atoms with E-state index in [2.05, 4.69) is 41.5 Å². The Labute approximate surface area is 99.9 Å². The first-order valence-corrected chi connectivity index (χ1v) is 6.51. The largest absolute Gasteiger partial charge is 0.369 e. The van der Waals surface area contributed by atoms with Gasteiger partial charge in [-0.25, -0.2) is 0 Å². The fourth-order valence-corrected chi connectivity index (χ4v) is 3.65. The Kier molecular flexibility index (Phi) is 2.50. The average molecular weight is 225 g/mol. The molecule has 3 atom stereocenters. The van der Waals surface area contributed by atoms with Crippen LogP contribution in [0.5, 0.6) is 0 Å². The van der Waals surface area contributed by atoms with Gasteiger partial charge in [-0.3, -0.25) is 0 Å². The molecule has 2 aliphatic rings. The van der Waals surface area contributed by atoms with Gasteiger partial charge in [0.25, 0.3) is 0 Å². The Morgan fingerprint density at radius 3 is 1.81 bits per heavy atom. The van der Waals surface area contributed by atoms with Crippen LogP contribution in [0.1, 0.15) is 54.4 Å². The zero-order chi connectivity index (χ0) is 12.4. The van der Waals surface area contributed by atoms with Crippen LogP contribution >= 0.6 is 0 Å². The fraction of sp³-hybridized carbons (Fsp3) is 1.00. The Bertz CT molecular complexity index is 293. The molecule has 0 radical (unpaired) electrons. The van der Waals surface area contributed by atoms with E-state index < -0.39 is 0 Å². The predicted molar refractivity (Wildman–Crippen MR) is 67.2 cm³/mol. The van der Waals surface area contributed by atoms with Gasteiger partial charge < -0.3 is 10.5 Å². The molecular weight excluding hydrogens is 198 g/mol. The van der Waals surface area contributed by atoms with Crippen LogP contribution in [-0.2, 0) is 4.74 Å². The van der Waals surface area contributed by atoms with Crippen LogP contribution in [0.3, 0.4) is 0 Å². The summed E-state index contributed by atoms with van der Waals surface area (Å²) < 4.78 is 6.14. The molecule has 1 saturated heterocycles. The highest BCUT2D eigenvalue weighted by atomic mass is 16.5. The van der Waals surface area contributed by atoms with Crippen molar-refractivity contribution < 1.29 is 4.74 Å². The van der Waals surface area contributed by atoms with Crippen molar-refractivity contribution in [2.24, 2.45) is 23.0 Å². The fourth-order valence-electron chi connectivity index (χ4n) is 3.65. The maximum atomic E-state index is 6.48. The second-order valence-corrected chi connectivity index (χ2v) is 7.65. The highest BCUT2D eigenvalue weighted by Gasteiger charge is 2.56. The second-order valence-electron chi connectivity index (χ2n) is 7.65. The molecule has 0 aromatic rings. The van der Waals surface area contributed by atoms with Gasteiger partial charge in [-0.2, -0.15) is 0 Å². The SMILES string of the molecule is CC1(C)CC(C(N)C2CC2(C)C)C(C)(C)O1. The summed E-state index contributed by atoms with van der Waals surface area (Å²) in [5.41, 5.74) is 6.86. The van der Waals surface area contributed by atoms with Crippen molar-refractivity contribution in [3.05, 3.63) is 0 Å². The normalized spacial score (nSPS) is 40.7. The molecular formula is C14H27NO. The van der Waals surface area contributed by atoms with E-state index in [9.17, 15) is 0 Å². The highest BCUT2D eigenvalue weighted by Crippen LogP contribution is 2.57. The van der Waals surface area contributed by atoms with E-state index in [0.29, 0.717) is 23.3 Å². The molecule has 2 N–H and O–H groups in total. The van der Waals surface area contributed by atoms with Crippen LogP contribution in [0, 0.1) is 17.3 Å². The Hall–Kier alpha value is -0.0800. The van der Waals surface area contributed by atoms with Crippen molar-refractivity contribution in [1.29, 1.82) is 0 Å². The lowest BCUT2D eigenvalue weighted by atomic mass is 9.79. The van der Waals surface area contributed by atoms with Crippen LogP contribution in [0.2, 0.25) is 0 Å². The van der Waals surface area contributed by atoms with Crippen LogP contribution in [0.15, 0.2) is 0 Å². The van der Waals surface area contributed by atoms with E-state index in [1.165, 1.54) is 6.42 Å². The molecule has 2 heteroatoms. The molecule has 1 saturated carbocycles. The zero-order valence-electron chi connectivity index (χ0n) is 11.6. The summed E-state index contributed by atoms with van der Waals surface area (Å²) in [7, 11) is 0. The molecule has 0 bridgehead atoms. The van der Waals surface area contributed by atoms with Gasteiger partial charge in [-0.15, -0.1) is 0 Å². The zero-order valence-corrected chi connectivity index (χ0v) is 11.6. The number of nitrogens with two attached hydrogens (primary N) is 1. The summed E-state index contributed by atoms with van der Waals surface area (Å²) in [6.07, 6.45) is 2.37. The number of hydrogen-bond donors (Lipinski definition) is 1. The summed E-state index contributed by atoms with van der Waals surface area (Å²) in [4.78, 5) is 0. The van der Waals surface area contributed by atoms with Crippen molar-refractivity contribution >= 4 is 0 Å². The summed E-state index contributed by atoms with van der Waals surface area (Å²) >= 11 is 0. The molecule has 2 nitrogen and oxygen atoms in total. The number of hydrogen-bond acceptors (Lipinski definition) is 2. The first-order valence-electron chi connectivity index (χ1n) is 6.51. The minimum absolute atomic E-state index is 0.00911. The molecule has 1 heterocycles. The summed E-state index contributed by atoms with van der Waals surface area (Å²) in [5.74, 6) is 1.18. The van der Waals surface area contributed by atoms with E-state index in [1.807, 2.05) is 0 Å². The van der Waals surface area contributed by atoms with E-state index in [0.717, 1.165) is 6.42 Å². The Balaban J connectivity index is 2.10. The first kappa shape index (κ1) is 12.4. The molecule has 94 valence electrons. The van der Waals surface area contributed by atoms with Gasteiger partial charge in [0.15, 0.2) is 0 Å². The van der Waals surface area contributed by atoms with Gasteiger partial charge in [0.2, 0.25) is 0 Å². The quantitative estimate of drug-likeness (QED) is 0.784. The molecule has 1 aliphatic carbocycles. The van der Waals surface area contributed by atoms with Crippen LogP contribution in [-0.4, -0.2) is 17.2 Å². The molecule has 1 aliphatic heterocycles. The smallest absolute Gasteiger partial charge is 0.0677 e. The third-order valence-electron chi connectivity index (χ3n) is 4.66. The molecule has 0 spiro atoms. The van der Waals surface area contributed by atoms with E-state index in [1.54, 1.807) is 0 Å². The van der Waals surface area contributed by atoms with Gasteiger partial charge in [0.1, 0.15) is 0 Å². The topological polar surface area (TPSA) is 35.2 Å². The van der Waals surface area contributed by atoms with E-state index >= 15 is 0 Å². The lowest BCUT2D eigenvalue weighted by Crippen LogP contribution is -2.43. The van der Waals surface area contributed by atoms with Gasteiger partial charge in [-0.1, -0.05) is 13.8 Å². The van der Waals surface area contributed by atoms with Gasteiger partial charge in [0, 0.05) is 12.0 Å². The maximum absolute atomic E-state index is 6.48. The molecule has 0 amide bonds.